The number of hydrogen-bond donors (Lipinski definition) is 4. The molecule has 2 aromatic heterocycles. The number of carbonyl (C=O) groups excluding carboxylic acids is 2. The molecular weight excluding hydrogens is 358 g/mol. The fourth-order valence-corrected chi connectivity index (χ4v) is 3.34. The second-order valence-electron chi connectivity index (χ2n) is 6.82. The zero-order valence-corrected chi connectivity index (χ0v) is 15.6. The molecule has 1 aliphatic rings. The van der Waals surface area contributed by atoms with Crippen molar-refractivity contribution < 1.29 is 9.59 Å². The van der Waals surface area contributed by atoms with Gasteiger partial charge in [-0.05, 0) is 31.9 Å². The number of rotatable bonds is 3. The molecule has 3 aromatic rings. The second kappa shape index (κ2) is 7.37. The van der Waals surface area contributed by atoms with Gasteiger partial charge in [-0.25, -0.2) is 20.4 Å². The average Bonchev–Trinajstić information content (AvgIpc) is 3.34. The van der Waals surface area contributed by atoms with E-state index in [2.05, 4.69) is 31.8 Å². The highest BCUT2D eigenvalue weighted by molar-refractivity contribution is 6.00. The number of amides is 2. The number of nitrogens with one attached hydrogen (secondary N) is 4. The molecular formula is C19H21N7O2. The largest absolute Gasteiger partial charge is 0.275 e. The summed E-state index contributed by atoms with van der Waals surface area (Å²) in [7, 11) is 0. The maximum atomic E-state index is 12.5. The summed E-state index contributed by atoms with van der Waals surface area (Å²) in [5.41, 5.74) is 14.5. The van der Waals surface area contributed by atoms with Crippen molar-refractivity contribution in [2.24, 2.45) is 0 Å². The van der Waals surface area contributed by atoms with E-state index in [-0.39, 0.29) is 11.9 Å². The molecule has 1 fully saturated rings. The number of carbonyl (C=O) groups is 2. The third-order valence-electron chi connectivity index (χ3n) is 4.74. The Balaban J connectivity index is 1.38. The zero-order chi connectivity index (χ0) is 19.7. The van der Waals surface area contributed by atoms with Gasteiger partial charge in [-0.1, -0.05) is 30.3 Å². The van der Waals surface area contributed by atoms with Crippen molar-refractivity contribution in [3.05, 3.63) is 65.1 Å². The summed E-state index contributed by atoms with van der Waals surface area (Å²) in [4.78, 5) is 29.3. The van der Waals surface area contributed by atoms with Gasteiger partial charge in [-0.3, -0.25) is 20.4 Å². The topological polar surface area (TPSA) is 112 Å². The Morgan fingerprint density at radius 3 is 2.71 bits per heavy atom. The molecule has 1 saturated heterocycles. The van der Waals surface area contributed by atoms with Gasteiger partial charge in [0.05, 0.1) is 6.20 Å². The lowest BCUT2D eigenvalue weighted by Gasteiger charge is -2.11. The smallest absolute Gasteiger partial charge is 0.271 e. The first-order valence-electron chi connectivity index (χ1n) is 9.01. The molecule has 4 rings (SSSR count). The molecule has 2 atom stereocenters. The van der Waals surface area contributed by atoms with E-state index in [1.807, 2.05) is 50.2 Å². The number of fused-ring (bicyclic) bond motifs is 1. The van der Waals surface area contributed by atoms with Crippen LogP contribution in [0.1, 0.15) is 39.8 Å². The van der Waals surface area contributed by atoms with Crippen molar-refractivity contribution in [3.8, 4) is 0 Å². The molecule has 2 amide bonds. The summed E-state index contributed by atoms with van der Waals surface area (Å²) >= 11 is 0. The van der Waals surface area contributed by atoms with Crippen LogP contribution in [-0.2, 0) is 4.79 Å². The molecule has 9 nitrogen and oxygen atoms in total. The van der Waals surface area contributed by atoms with Crippen LogP contribution >= 0.6 is 0 Å². The van der Waals surface area contributed by atoms with Gasteiger partial charge in [0.2, 0.25) is 0 Å². The van der Waals surface area contributed by atoms with Crippen LogP contribution in [0, 0.1) is 13.8 Å². The minimum atomic E-state index is -0.466. The van der Waals surface area contributed by atoms with Crippen LogP contribution in [0.5, 0.6) is 0 Å². The van der Waals surface area contributed by atoms with E-state index in [1.54, 1.807) is 4.52 Å². The monoisotopic (exact) mass is 379 g/mol. The van der Waals surface area contributed by atoms with Crippen molar-refractivity contribution >= 4 is 17.5 Å². The van der Waals surface area contributed by atoms with Gasteiger partial charge in [-0.2, -0.15) is 5.10 Å². The molecule has 4 N–H and O–H groups in total. The third kappa shape index (κ3) is 3.45. The van der Waals surface area contributed by atoms with Gasteiger partial charge >= 0.3 is 0 Å². The normalized spacial score (nSPS) is 18.9. The van der Waals surface area contributed by atoms with Gasteiger partial charge in [-0.15, -0.1) is 0 Å². The average molecular weight is 379 g/mol. The Kier molecular flexibility index (Phi) is 4.76. The van der Waals surface area contributed by atoms with Crippen LogP contribution < -0.4 is 21.7 Å². The highest BCUT2D eigenvalue weighted by Crippen LogP contribution is 2.21. The predicted molar refractivity (Wildman–Crippen MR) is 102 cm³/mol. The molecule has 0 spiro atoms. The summed E-state index contributed by atoms with van der Waals surface area (Å²) in [5, 5.41) is 4.19. The summed E-state index contributed by atoms with van der Waals surface area (Å²) in [6.07, 6.45) is 2.01. The molecule has 0 saturated carbocycles. The Morgan fingerprint density at radius 2 is 1.93 bits per heavy atom. The van der Waals surface area contributed by atoms with E-state index < -0.39 is 11.9 Å². The maximum Gasteiger partial charge on any atom is 0.275 e. The van der Waals surface area contributed by atoms with Crippen molar-refractivity contribution in [3.63, 3.8) is 0 Å². The molecule has 1 aliphatic heterocycles. The van der Waals surface area contributed by atoms with Crippen LogP contribution in [0.3, 0.4) is 0 Å². The number of hydrazine groups is 2. The SMILES string of the molecule is Cc1cc(C)n2ncc(C(=O)NNC(=O)C3CC(c4ccccc4)NN3)c2n1. The Hall–Kier alpha value is -3.30. The van der Waals surface area contributed by atoms with Gasteiger partial charge in [0.25, 0.3) is 11.8 Å². The fraction of sp³-hybridized carbons (Fsp3) is 0.263. The molecule has 0 radical (unpaired) electrons. The summed E-state index contributed by atoms with van der Waals surface area (Å²) in [5.74, 6) is -0.789. The van der Waals surface area contributed by atoms with E-state index in [0.717, 1.165) is 17.0 Å². The maximum absolute atomic E-state index is 12.5. The van der Waals surface area contributed by atoms with E-state index in [9.17, 15) is 9.59 Å². The van der Waals surface area contributed by atoms with Gasteiger partial charge in [0.15, 0.2) is 5.65 Å². The highest BCUT2D eigenvalue weighted by atomic mass is 16.2. The lowest BCUT2D eigenvalue weighted by atomic mass is 10.0. The van der Waals surface area contributed by atoms with Crippen molar-refractivity contribution in [1.29, 1.82) is 0 Å². The zero-order valence-electron chi connectivity index (χ0n) is 15.6. The fourth-order valence-electron chi connectivity index (χ4n) is 3.34. The minimum absolute atomic E-state index is 0.0300. The summed E-state index contributed by atoms with van der Waals surface area (Å²) in [6, 6.07) is 11.3. The Bertz CT molecular complexity index is 1030. The quantitative estimate of drug-likeness (QED) is 0.499. The number of hydrogen-bond acceptors (Lipinski definition) is 6. The Labute approximate surface area is 161 Å². The van der Waals surface area contributed by atoms with Crippen LogP contribution in [-0.4, -0.2) is 32.5 Å². The molecule has 144 valence electrons. The molecule has 1 aromatic carbocycles. The molecule has 0 bridgehead atoms. The van der Waals surface area contributed by atoms with Gasteiger partial charge in [0, 0.05) is 17.4 Å². The third-order valence-corrected chi connectivity index (χ3v) is 4.74. The first kappa shape index (κ1) is 18.1. The minimum Gasteiger partial charge on any atom is -0.271 e. The van der Waals surface area contributed by atoms with Gasteiger partial charge < -0.3 is 0 Å². The number of aryl methyl sites for hydroxylation is 2. The number of benzene rings is 1. The van der Waals surface area contributed by atoms with Crippen LogP contribution in [0.4, 0.5) is 0 Å². The first-order chi connectivity index (χ1) is 13.5. The lowest BCUT2D eigenvalue weighted by molar-refractivity contribution is -0.123. The number of aromatic nitrogens is 3. The molecule has 28 heavy (non-hydrogen) atoms. The van der Waals surface area contributed by atoms with Crippen LogP contribution in [0.15, 0.2) is 42.6 Å². The standard InChI is InChI=1S/C19H21N7O2/c1-11-8-12(2)26-17(21-11)14(10-20-26)18(27)24-25-19(28)16-9-15(22-23-16)13-6-4-3-5-7-13/h3-8,10,15-16,22-23H,9H2,1-2H3,(H,24,27)(H,25,28). The van der Waals surface area contributed by atoms with Crippen molar-refractivity contribution in [2.75, 3.05) is 0 Å². The first-order valence-corrected chi connectivity index (χ1v) is 9.01. The summed E-state index contributed by atoms with van der Waals surface area (Å²) < 4.78 is 1.59. The van der Waals surface area contributed by atoms with E-state index in [1.165, 1.54) is 6.20 Å². The van der Waals surface area contributed by atoms with Crippen molar-refractivity contribution in [2.45, 2.75) is 32.4 Å². The van der Waals surface area contributed by atoms with E-state index in [0.29, 0.717) is 17.6 Å². The van der Waals surface area contributed by atoms with Gasteiger partial charge in [0.1, 0.15) is 11.6 Å². The Morgan fingerprint density at radius 1 is 1.14 bits per heavy atom. The van der Waals surface area contributed by atoms with Crippen molar-refractivity contribution in [1.82, 2.24) is 36.3 Å². The molecule has 3 heterocycles. The van der Waals surface area contributed by atoms with Crippen LogP contribution in [0.25, 0.3) is 5.65 Å². The lowest BCUT2D eigenvalue weighted by Crippen LogP contribution is -2.50. The highest BCUT2D eigenvalue weighted by Gasteiger charge is 2.30. The van der Waals surface area contributed by atoms with E-state index in [4.69, 9.17) is 0 Å². The molecule has 2 unspecified atom stereocenters. The predicted octanol–water partition coefficient (Wildman–Crippen LogP) is 0.715. The molecule has 0 aliphatic carbocycles. The molecule has 9 heteroatoms. The van der Waals surface area contributed by atoms with Crippen LogP contribution in [0.2, 0.25) is 0 Å². The second-order valence-corrected chi connectivity index (χ2v) is 6.82. The summed E-state index contributed by atoms with van der Waals surface area (Å²) in [6.45, 7) is 3.74. The van der Waals surface area contributed by atoms with E-state index >= 15 is 0 Å². The number of nitrogens with zero attached hydrogens (tertiary/aromatic N) is 3.